The fourth-order valence-electron chi connectivity index (χ4n) is 0.654. The van der Waals surface area contributed by atoms with Gasteiger partial charge in [-0.3, -0.25) is 0 Å². The first-order valence-corrected chi connectivity index (χ1v) is 4.53. The maximum atomic E-state index is 9.51. The number of nitrogens with zero attached hydrogens (tertiary/aromatic N) is 1. The highest BCUT2D eigenvalue weighted by molar-refractivity contribution is 7.16. The van der Waals surface area contributed by atoms with Gasteiger partial charge in [0.25, 0.3) is 0 Å². The van der Waals surface area contributed by atoms with E-state index < -0.39 is 5.60 Å². The van der Waals surface area contributed by atoms with Gasteiger partial charge in [-0.15, -0.1) is 11.3 Å². The lowest BCUT2D eigenvalue weighted by Gasteiger charge is -2.13. The third-order valence-corrected chi connectivity index (χ3v) is 2.97. The molecule has 0 bridgehead atoms. The number of aliphatic hydroxyl groups is 1. The number of hydrogen-bond acceptors (Lipinski definition) is 3. The maximum absolute atomic E-state index is 9.51. The molecule has 1 aromatic rings. The van der Waals surface area contributed by atoms with Gasteiger partial charge < -0.3 is 5.11 Å². The Labute approximate surface area is 78.8 Å². The Balaban J connectivity index is 3.13. The molecule has 1 aromatic heterocycles. The van der Waals surface area contributed by atoms with E-state index in [2.05, 4.69) is 4.98 Å². The molecule has 0 aliphatic carbocycles. The molecule has 0 saturated heterocycles. The van der Waals surface area contributed by atoms with E-state index in [9.17, 15) is 5.11 Å². The predicted octanol–water partition coefficient (Wildman–Crippen LogP) is 2.68. The van der Waals surface area contributed by atoms with Crippen LogP contribution in [0.4, 0.5) is 0 Å². The summed E-state index contributed by atoms with van der Waals surface area (Å²) in [5.74, 6) is 0. The molecule has 0 fully saturated rings. The molecule has 0 atom stereocenters. The summed E-state index contributed by atoms with van der Waals surface area (Å²) in [4.78, 5) is 4.37. The lowest BCUT2D eigenvalue weighted by Crippen LogP contribution is -2.13. The minimum absolute atomic E-state index is 0.285. The zero-order chi connectivity index (χ0) is 8.65. The monoisotopic (exact) mass is 211 g/mol. The van der Waals surface area contributed by atoms with Gasteiger partial charge in [0.2, 0.25) is 0 Å². The average molecular weight is 212 g/mol. The van der Waals surface area contributed by atoms with Crippen molar-refractivity contribution in [2.24, 2.45) is 0 Å². The van der Waals surface area contributed by atoms with Gasteiger partial charge in [-0.25, -0.2) is 4.98 Å². The second kappa shape index (κ2) is 2.90. The molecule has 0 radical (unpaired) electrons. The summed E-state index contributed by atoms with van der Waals surface area (Å²) in [7, 11) is 0. The van der Waals surface area contributed by atoms with Gasteiger partial charge in [0, 0.05) is 0 Å². The van der Waals surface area contributed by atoms with Crippen LogP contribution in [0.15, 0.2) is 0 Å². The number of halogens is 2. The molecular formula is C6H7Cl2NOS. The Bertz CT molecular complexity index is 266. The van der Waals surface area contributed by atoms with Crippen molar-refractivity contribution in [3.05, 3.63) is 14.5 Å². The summed E-state index contributed by atoms with van der Waals surface area (Å²) in [6.45, 7) is 3.28. The van der Waals surface area contributed by atoms with Gasteiger partial charge in [0.15, 0.2) is 4.47 Å². The van der Waals surface area contributed by atoms with Crippen molar-refractivity contribution >= 4 is 34.5 Å². The van der Waals surface area contributed by atoms with Gasteiger partial charge in [0.05, 0.1) is 10.5 Å². The van der Waals surface area contributed by atoms with Crippen LogP contribution in [0.5, 0.6) is 0 Å². The van der Waals surface area contributed by atoms with E-state index in [1.165, 1.54) is 11.3 Å². The summed E-state index contributed by atoms with van der Waals surface area (Å²) in [5.41, 5.74) is -0.956. The van der Waals surface area contributed by atoms with Crippen LogP contribution in [0.3, 0.4) is 0 Å². The number of aromatic nitrogens is 1. The highest BCUT2D eigenvalue weighted by Crippen LogP contribution is 2.34. The Morgan fingerprint density at radius 1 is 1.45 bits per heavy atom. The average Bonchev–Trinajstić information content (AvgIpc) is 2.08. The number of thiazole rings is 1. The quantitative estimate of drug-likeness (QED) is 0.776. The molecule has 1 rings (SSSR count). The molecule has 62 valence electrons. The normalized spacial score (nSPS) is 12.1. The standard InChI is InChI=1S/C6H7Cl2NOS/c1-6(2,10)3-4(7)9-5(8)11-3/h10H,1-2H3. The van der Waals surface area contributed by atoms with Crippen molar-refractivity contribution in [3.8, 4) is 0 Å². The van der Waals surface area contributed by atoms with Crippen molar-refractivity contribution in [1.82, 2.24) is 4.98 Å². The van der Waals surface area contributed by atoms with Crippen molar-refractivity contribution in [1.29, 1.82) is 0 Å². The summed E-state index contributed by atoms with van der Waals surface area (Å²) in [6.07, 6.45) is 0. The molecule has 0 saturated carbocycles. The molecule has 0 aliphatic heterocycles. The summed E-state index contributed by atoms with van der Waals surface area (Å²) >= 11 is 12.5. The van der Waals surface area contributed by atoms with Crippen LogP contribution < -0.4 is 0 Å². The van der Waals surface area contributed by atoms with Crippen molar-refractivity contribution in [2.75, 3.05) is 0 Å². The molecule has 1 heterocycles. The highest BCUT2D eigenvalue weighted by Gasteiger charge is 2.23. The zero-order valence-electron chi connectivity index (χ0n) is 6.06. The minimum atomic E-state index is -0.956. The van der Waals surface area contributed by atoms with E-state index in [1.807, 2.05) is 0 Å². The third kappa shape index (κ3) is 2.06. The molecule has 5 heteroatoms. The summed E-state index contributed by atoms with van der Waals surface area (Å²) in [5, 5.41) is 9.80. The van der Waals surface area contributed by atoms with Crippen LogP contribution in [0, 0.1) is 0 Å². The third-order valence-electron chi connectivity index (χ3n) is 1.12. The van der Waals surface area contributed by atoms with Gasteiger partial charge in [-0.05, 0) is 13.8 Å². The highest BCUT2D eigenvalue weighted by atomic mass is 35.5. The minimum Gasteiger partial charge on any atom is -0.385 e. The number of rotatable bonds is 1. The summed E-state index contributed by atoms with van der Waals surface area (Å²) < 4.78 is 0.354. The van der Waals surface area contributed by atoms with E-state index in [-0.39, 0.29) is 5.15 Å². The first-order valence-electron chi connectivity index (χ1n) is 2.96. The molecule has 2 nitrogen and oxygen atoms in total. The van der Waals surface area contributed by atoms with E-state index in [1.54, 1.807) is 13.8 Å². The second-order valence-corrected chi connectivity index (χ2v) is 4.58. The van der Waals surface area contributed by atoms with Crippen LogP contribution in [0.25, 0.3) is 0 Å². The van der Waals surface area contributed by atoms with E-state index >= 15 is 0 Å². The zero-order valence-corrected chi connectivity index (χ0v) is 8.39. The largest absolute Gasteiger partial charge is 0.385 e. The molecule has 11 heavy (non-hydrogen) atoms. The van der Waals surface area contributed by atoms with Crippen LogP contribution in [-0.4, -0.2) is 10.1 Å². The van der Waals surface area contributed by atoms with Crippen molar-refractivity contribution < 1.29 is 5.11 Å². The van der Waals surface area contributed by atoms with Gasteiger partial charge in [-0.2, -0.15) is 0 Å². The van der Waals surface area contributed by atoms with E-state index in [4.69, 9.17) is 23.2 Å². The SMILES string of the molecule is CC(C)(O)c1sc(Cl)nc1Cl. The molecule has 0 aliphatic rings. The fourth-order valence-corrected chi connectivity index (χ4v) is 2.18. The molecule has 0 unspecified atom stereocenters. The number of hydrogen-bond donors (Lipinski definition) is 1. The molecule has 0 amide bonds. The van der Waals surface area contributed by atoms with Crippen LogP contribution in [-0.2, 0) is 5.60 Å². The molecular weight excluding hydrogens is 205 g/mol. The Hall–Kier alpha value is 0.170. The predicted molar refractivity (Wildman–Crippen MR) is 47.4 cm³/mol. The Kier molecular flexibility index (Phi) is 2.44. The lowest BCUT2D eigenvalue weighted by atomic mass is 10.1. The van der Waals surface area contributed by atoms with E-state index in [0.717, 1.165) is 0 Å². The molecule has 0 spiro atoms. The molecule has 1 N–H and O–H groups in total. The van der Waals surface area contributed by atoms with Crippen molar-refractivity contribution in [2.45, 2.75) is 19.4 Å². The van der Waals surface area contributed by atoms with Crippen molar-refractivity contribution in [3.63, 3.8) is 0 Å². The van der Waals surface area contributed by atoms with Crippen LogP contribution in [0.2, 0.25) is 9.62 Å². The van der Waals surface area contributed by atoms with Gasteiger partial charge in [-0.1, -0.05) is 23.2 Å². The van der Waals surface area contributed by atoms with Gasteiger partial charge in [0.1, 0.15) is 5.15 Å². The second-order valence-electron chi connectivity index (χ2n) is 2.65. The lowest BCUT2D eigenvalue weighted by molar-refractivity contribution is 0.0824. The Morgan fingerprint density at radius 3 is 2.18 bits per heavy atom. The topological polar surface area (TPSA) is 33.1 Å². The maximum Gasteiger partial charge on any atom is 0.185 e. The van der Waals surface area contributed by atoms with Crippen LogP contribution in [0.1, 0.15) is 18.7 Å². The first kappa shape index (κ1) is 9.26. The summed E-state index contributed by atoms with van der Waals surface area (Å²) in [6, 6.07) is 0. The molecule has 0 aromatic carbocycles. The smallest absolute Gasteiger partial charge is 0.185 e. The van der Waals surface area contributed by atoms with E-state index in [0.29, 0.717) is 9.34 Å². The van der Waals surface area contributed by atoms with Gasteiger partial charge >= 0.3 is 0 Å². The Morgan fingerprint density at radius 2 is 2.00 bits per heavy atom. The fraction of sp³-hybridized carbons (Fsp3) is 0.500. The van der Waals surface area contributed by atoms with Crippen LogP contribution >= 0.6 is 34.5 Å². The first-order chi connectivity index (χ1) is 4.91.